The number of aliphatic hydroxyl groups is 1. The lowest BCUT2D eigenvalue weighted by Gasteiger charge is -2.11. The van der Waals surface area contributed by atoms with Crippen LogP contribution in [0.2, 0.25) is 0 Å². The van der Waals surface area contributed by atoms with Crippen LogP contribution in [0.5, 0.6) is 0 Å². The Morgan fingerprint density at radius 1 is 1.69 bits per heavy atom. The van der Waals surface area contributed by atoms with Gasteiger partial charge in [0.2, 0.25) is 0 Å². The Morgan fingerprint density at radius 2 is 2.38 bits per heavy atom. The highest BCUT2D eigenvalue weighted by Gasteiger charge is 2.29. The van der Waals surface area contributed by atoms with Crippen LogP contribution in [0.25, 0.3) is 0 Å². The zero-order valence-corrected chi connectivity index (χ0v) is 8.12. The van der Waals surface area contributed by atoms with Gasteiger partial charge in [0.15, 0.2) is 0 Å². The summed E-state index contributed by atoms with van der Waals surface area (Å²) >= 11 is 0. The van der Waals surface area contributed by atoms with E-state index in [1.807, 2.05) is 13.8 Å². The van der Waals surface area contributed by atoms with Crippen molar-refractivity contribution in [2.24, 2.45) is 5.92 Å². The number of aliphatic hydroxyl groups excluding tert-OH is 1. The fourth-order valence-corrected chi connectivity index (χ4v) is 1.25. The zero-order valence-electron chi connectivity index (χ0n) is 8.12. The molecule has 0 spiro atoms. The first-order valence-corrected chi connectivity index (χ1v) is 4.67. The number of ether oxygens (including phenoxy) is 1. The monoisotopic (exact) mass is 187 g/mol. The van der Waals surface area contributed by atoms with E-state index < -0.39 is 6.10 Å². The van der Waals surface area contributed by atoms with Crippen molar-refractivity contribution in [1.29, 1.82) is 0 Å². The highest BCUT2D eigenvalue weighted by molar-refractivity contribution is 5.76. The molecule has 0 radical (unpaired) electrons. The quantitative estimate of drug-likeness (QED) is 0.606. The van der Waals surface area contributed by atoms with Gasteiger partial charge >= 0.3 is 5.97 Å². The molecule has 13 heavy (non-hydrogen) atoms. The summed E-state index contributed by atoms with van der Waals surface area (Å²) in [6.45, 7) is 4.92. The Morgan fingerprint density at radius 3 is 2.85 bits per heavy atom. The number of β-amino-alcohol motifs (C(OH)–C–C–N with tert-alkyl or cyclic N) is 1. The Bertz CT molecular complexity index is 182. The lowest BCUT2D eigenvalue weighted by molar-refractivity contribution is -0.147. The molecule has 1 aliphatic heterocycles. The average molecular weight is 187 g/mol. The Balaban J connectivity index is 2.24. The maximum absolute atomic E-state index is 11.3. The molecule has 0 amide bonds. The summed E-state index contributed by atoms with van der Waals surface area (Å²) in [5, 5.41) is 12.1. The molecule has 1 aliphatic rings. The van der Waals surface area contributed by atoms with Crippen molar-refractivity contribution < 1.29 is 14.6 Å². The lowest BCUT2D eigenvalue weighted by atomic mass is 10.2. The third-order valence-electron chi connectivity index (χ3n) is 1.95. The van der Waals surface area contributed by atoms with Gasteiger partial charge in [-0.1, -0.05) is 13.8 Å². The maximum atomic E-state index is 11.3. The van der Waals surface area contributed by atoms with Crippen LogP contribution in [0.4, 0.5) is 0 Å². The van der Waals surface area contributed by atoms with Gasteiger partial charge in [-0.3, -0.25) is 4.79 Å². The molecule has 0 aromatic rings. The second-order valence-electron chi connectivity index (χ2n) is 3.87. The highest BCUT2D eigenvalue weighted by Crippen LogP contribution is 2.08. The topological polar surface area (TPSA) is 58.6 Å². The van der Waals surface area contributed by atoms with E-state index in [9.17, 15) is 4.79 Å². The van der Waals surface area contributed by atoms with Crippen LogP contribution in [-0.2, 0) is 9.53 Å². The first-order chi connectivity index (χ1) is 6.09. The molecule has 0 aliphatic carbocycles. The van der Waals surface area contributed by atoms with Crippen LogP contribution in [0.3, 0.4) is 0 Å². The molecule has 1 rings (SSSR count). The van der Waals surface area contributed by atoms with Crippen LogP contribution in [0.1, 0.15) is 20.3 Å². The summed E-state index contributed by atoms with van der Waals surface area (Å²) in [5.41, 5.74) is 0. The van der Waals surface area contributed by atoms with E-state index in [0.717, 1.165) is 0 Å². The van der Waals surface area contributed by atoms with Crippen LogP contribution in [-0.4, -0.2) is 36.4 Å². The minimum Gasteiger partial charge on any atom is -0.464 e. The summed E-state index contributed by atoms with van der Waals surface area (Å²) in [7, 11) is 0. The number of hydrogen-bond acceptors (Lipinski definition) is 4. The van der Waals surface area contributed by atoms with E-state index in [2.05, 4.69) is 5.32 Å². The molecule has 1 unspecified atom stereocenters. The molecule has 4 nitrogen and oxygen atoms in total. The Hall–Kier alpha value is -0.610. The second-order valence-corrected chi connectivity index (χ2v) is 3.87. The Kier molecular flexibility index (Phi) is 3.69. The maximum Gasteiger partial charge on any atom is 0.323 e. The van der Waals surface area contributed by atoms with Gasteiger partial charge in [-0.25, -0.2) is 0 Å². The minimum absolute atomic E-state index is 0.245. The molecule has 1 heterocycles. The summed E-state index contributed by atoms with van der Waals surface area (Å²) in [5.74, 6) is 0.112. The van der Waals surface area contributed by atoms with Crippen molar-refractivity contribution in [3.8, 4) is 0 Å². The molecular weight excluding hydrogens is 170 g/mol. The van der Waals surface area contributed by atoms with Gasteiger partial charge in [-0.15, -0.1) is 0 Å². The first kappa shape index (κ1) is 10.5. The summed E-state index contributed by atoms with van der Waals surface area (Å²) < 4.78 is 5.02. The predicted molar refractivity (Wildman–Crippen MR) is 48.2 cm³/mol. The number of esters is 1. The van der Waals surface area contributed by atoms with Crippen molar-refractivity contribution in [3.05, 3.63) is 0 Å². The van der Waals surface area contributed by atoms with Crippen LogP contribution in [0, 0.1) is 5.92 Å². The van der Waals surface area contributed by atoms with Crippen molar-refractivity contribution in [2.45, 2.75) is 32.4 Å². The first-order valence-electron chi connectivity index (χ1n) is 4.67. The van der Waals surface area contributed by atoms with Gasteiger partial charge in [-0.2, -0.15) is 0 Å². The summed E-state index contributed by atoms with van der Waals surface area (Å²) in [6, 6.07) is -0.311. The van der Waals surface area contributed by atoms with Gasteiger partial charge in [0.05, 0.1) is 12.7 Å². The van der Waals surface area contributed by atoms with Gasteiger partial charge in [0, 0.05) is 13.0 Å². The van der Waals surface area contributed by atoms with Crippen molar-refractivity contribution in [3.63, 3.8) is 0 Å². The molecule has 0 aromatic carbocycles. The largest absolute Gasteiger partial charge is 0.464 e. The number of carbonyl (C=O) groups excluding carboxylic acids is 1. The fraction of sp³-hybridized carbons (Fsp3) is 0.889. The molecule has 4 heteroatoms. The number of hydrogen-bond donors (Lipinski definition) is 2. The normalized spacial score (nSPS) is 28.0. The van der Waals surface area contributed by atoms with Crippen LogP contribution >= 0.6 is 0 Å². The van der Waals surface area contributed by atoms with E-state index in [-0.39, 0.29) is 12.0 Å². The van der Waals surface area contributed by atoms with E-state index in [1.54, 1.807) is 0 Å². The third-order valence-corrected chi connectivity index (χ3v) is 1.95. The molecular formula is C9H17NO3. The number of nitrogens with one attached hydrogen (secondary N) is 1. The summed E-state index contributed by atoms with van der Waals surface area (Å²) in [6.07, 6.45) is 0.0632. The van der Waals surface area contributed by atoms with E-state index in [0.29, 0.717) is 25.5 Å². The van der Waals surface area contributed by atoms with E-state index in [1.165, 1.54) is 0 Å². The predicted octanol–water partition coefficient (Wildman–Crippen LogP) is -0.0916. The number of carbonyl (C=O) groups is 1. The van der Waals surface area contributed by atoms with Crippen LogP contribution < -0.4 is 5.32 Å². The van der Waals surface area contributed by atoms with Gasteiger partial charge in [-0.05, 0) is 5.92 Å². The summed E-state index contributed by atoms with van der Waals surface area (Å²) in [4.78, 5) is 11.3. The molecule has 2 N–H and O–H groups in total. The molecule has 2 atom stereocenters. The smallest absolute Gasteiger partial charge is 0.323 e. The van der Waals surface area contributed by atoms with Crippen molar-refractivity contribution >= 4 is 5.97 Å². The molecule has 0 saturated carbocycles. The lowest BCUT2D eigenvalue weighted by Crippen LogP contribution is -2.33. The SMILES string of the molecule is CC(C)COC(=O)[C@@H]1CC(O)CN1. The third kappa shape index (κ3) is 3.32. The second kappa shape index (κ2) is 4.58. The zero-order chi connectivity index (χ0) is 9.84. The van der Waals surface area contributed by atoms with Crippen molar-refractivity contribution in [1.82, 2.24) is 5.32 Å². The molecule has 1 fully saturated rings. The Labute approximate surface area is 78.3 Å². The van der Waals surface area contributed by atoms with Crippen LogP contribution in [0.15, 0.2) is 0 Å². The van der Waals surface area contributed by atoms with E-state index >= 15 is 0 Å². The van der Waals surface area contributed by atoms with Gasteiger partial charge < -0.3 is 15.2 Å². The minimum atomic E-state index is -0.406. The molecule has 1 saturated heterocycles. The standard InChI is InChI=1S/C9H17NO3/c1-6(2)5-13-9(12)8-3-7(11)4-10-8/h6-8,10-11H,3-5H2,1-2H3/t7?,8-/m0/s1. The molecule has 0 bridgehead atoms. The highest BCUT2D eigenvalue weighted by atomic mass is 16.5. The van der Waals surface area contributed by atoms with Gasteiger partial charge in [0.1, 0.15) is 6.04 Å². The van der Waals surface area contributed by atoms with Gasteiger partial charge in [0.25, 0.3) is 0 Å². The average Bonchev–Trinajstić information content (AvgIpc) is 2.47. The number of rotatable bonds is 3. The van der Waals surface area contributed by atoms with E-state index in [4.69, 9.17) is 9.84 Å². The molecule has 76 valence electrons. The molecule has 0 aromatic heterocycles. The van der Waals surface area contributed by atoms with Crippen molar-refractivity contribution in [2.75, 3.05) is 13.2 Å². The fourth-order valence-electron chi connectivity index (χ4n) is 1.25.